The summed E-state index contributed by atoms with van der Waals surface area (Å²) in [7, 11) is 4.69. The number of carbonyl (C=O) groups is 2. The van der Waals surface area contributed by atoms with Crippen LogP contribution in [0.25, 0.3) is 0 Å². The molecular formula is C22H26N2O5. The van der Waals surface area contributed by atoms with E-state index in [2.05, 4.69) is 5.32 Å². The van der Waals surface area contributed by atoms with Crippen LogP contribution in [-0.2, 0) is 22.4 Å². The zero-order valence-electron chi connectivity index (χ0n) is 17.2. The largest absolute Gasteiger partial charge is 0.493 e. The summed E-state index contributed by atoms with van der Waals surface area (Å²) >= 11 is 0. The van der Waals surface area contributed by atoms with Crippen molar-refractivity contribution in [3.63, 3.8) is 0 Å². The Morgan fingerprint density at radius 2 is 1.72 bits per heavy atom. The van der Waals surface area contributed by atoms with Gasteiger partial charge in [0, 0.05) is 25.6 Å². The molecule has 1 aliphatic rings. The molecule has 2 amide bonds. The van der Waals surface area contributed by atoms with Crippen molar-refractivity contribution in [1.29, 1.82) is 0 Å². The van der Waals surface area contributed by atoms with Gasteiger partial charge in [0.05, 0.1) is 21.3 Å². The van der Waals surface area contributed by atoms with Crippen LogP contribution in [0, 0.1) is 0 Å². The van der Waals surface area contributed by atoms with Crippen molar-refractivity contribution < 1.29 is 23.8 Å². The predicted octanol–water partition coefficient (Wildman–Crippen LogP) is 2.35. The highest BCUT2D eigenvalue weighted by Gasteiger charge is 2.36. The lowest BCUT2D eigenvalue weighted by Crippen LogP contribution is -2.47. The standard InChI is InChI=1S/C22H26N2O5/c1-14(25)24-17-8-6-5-7-16(17)13-18(24)22(26)23-10-9-15-11-19(27-2)21(29-4)20(12-15)28-3/h5-8,11-12,18H,9-10,13H2,1-4H3,(H,23,26)/t18-/m0/s1. The van der Waals surface area contributed by atoms with Crippen molar-refractivity contribution in [2.45, 2.75) is 25.8 Å². The van der Waals surface area contributed by atoms with Gasteiger partial charge in [0.1, 0.15) is 6.04 Å². The van der Waals surface area contributed by atoms with Gasteiger partial charge in [-0.05, 0) is 35.7 Å². The molecule has 1 heterocycles. The summed E-state index contributed by atoms with van der Waals surface area (Å²) in [5, 5.41) is 2.95. The molecule has 0 unspecified atom stereocenters. The molecule has 7 heteroatoms. The number of hydrogen-bond acceptors (Lipinski definition) is 5. The third kappa shape index (κ3) is 4.13. The van der Waals surface area contributed by atoms with E-state index in [-0.39, 0.29) is 11.8 Å². The highest BCUT2D eigenvalue weighted by Crippen LogP contribution is 2.38. The maximum absolute atomic E-state index is 12.8. The van der Waals surface area contributed by atoms with Gasteiger partial charge in [-0.1, -0.05) is 18.2 Å². The molecule has 154 valence electrons. The van der Waals surface area contributed by atoms with Gasteiger partial charge >= 0.3 is 0 Å². The molecular weight excluding hydrogens is 372 g/mol. The predicted molar refractivity (Wildman–Crippen MR) is 110 cm³/mol. The number of nitrogens with one attached hydrogen (secondary N) is 1. The van der Waals surface area contributed by atoms with E-state index in [1.54, 1.807) is 26.2 Å². The van der Waals surface area contributed by atoms with Gasteiger partial charge in [-0.25, -0.2) is 0 Å². The first kappa shape index (κ1) is 20.5. The van der Waals surface area contributed by atoms with Crippen molar-refractivity contribution in [3.05, 3.63) is 47.5 Å². The number of para-hydroxylation sites is 1. The SMILES string of the molecule is COc1cc(CCNC(=O)[C@@H]2Cc3ccccc3N2C(C)=O)cc(OC)c1OC. The summed E-state index contributed by atoms with van der Waals surface area (Å²) < 4.78 is 16.1. The number of benzene rings is 2. The van der Waals surface area contributed by atoms with Crippen molar-refractivity contribution >= 4 is 17.5 Å². The lowest BCUT2D eigenvalue weighted by Gasteiger charge is -2.23. The minimum Gasteiger partial charge on any atom is -0.493 e. The van der Waals surface area contributed by atoms with Gasteiger partial charge in [0.15, 0.2) is 11.5 Å². The van der Waals surface area contributed by atoms with Crippen LogP contribution < -0.4 is 24.4 Å². The average molecular weight is 398 g/mol. The number of fused-ring (bicyclic) bond motifs is 1. The van der Waals surface area contributed by atoms with Crippen LogP contribution >= 0.6 is 0 Å². The third-order valence-electron chi connectivity index (χ3n) is 5.06. The van der Waals surface area contributed by atoms with Gasteiger partial charge in [0.25, 0.3) is 0 Å². The lowest BCUT2D eigenvalue weighted by molar-refractivity contribution is -0.125. The normalized spacial score (nSPS) is 14.9. The number of amides is 2. The minimum atomic E-state index is -0.523. The average Bonchev–Trinajstić information content (AvgIpc) is 3.12. The zero-order chi connectivity index (χ0) is 21.0. The van der Waals surface area contributed by atoms with E-state index in [0.29, 0.717) is 36.6 Å². The second kappa shape index (κ2) is 8.86. The summed E-state index contributed by atoms with van der Waals surface area (Å²) in [5.74, 6) is 1.37. The van der Waals surface area contributed by atoms with Gasteiger partial charge < -0.3 is 19.5 Å². The summed E-state index contributed by atoms with van der Waals surface area (Å²) in [6.45, 7) is 1.91. The van der Waals surface area contributed by atoms with Crippen molar-refractivity contribution in [2.75, 3.05) is 32.8 Å². The van der Waals surface area contributed by atoms with Crippen LogP contribution in [0.2, 0.25) is 0 Å². The topological polar surface area (TPSA) is 77.1 Å². The Morgan fingerprint density at radius 3 is 2.31 bits per heavy atom. The van der Waals surface area contributed by atoms with Crippen LogP contribution in [0.3, 0.4) is 0 Å². The fraction of sp³-hybridized carbons (Fsp3) is 0.364. The van der Waals surface area contributed by atoms with E-state index in [1.807, 2.05) is 36.4 Å². The first-order valence-corrected chi connectivity index (χ1v) is 9.44. The molecule has 0 radical (unpaired) electrons. The Balaban J connectivity index is 1.67. The molecule has 29 heavy (non-hydrogen) atoms. The van der Waals surface area contributed by atoms with Gasteiger partial charge in [-0.2, -0.15) is 0 Å². The first-order valence-electron chi connectivity index (χ1n) is 9.44. The fourth-order valence-electron chi connectivity index (χ4n) is 3.71. The van der Waals surface area contributed by atoms with Crippen LogP contribution in [0.15, 0.2) is 36.4 Å². The molecule has 0 aliphatic carbocycles. The minimum absolute atomic E-state index is 0.139. The fourth-order valence-corrected chi connectivity index (χ4v) is 3.71. The van der Waals surface area contributed by atoms with Crippen molar-refractivity contribution in [3.8, 4) is 17.2 Å². The molecule has 2 aromatic carbocycles. The zero-order valence-corrected chi connectivity index (χ0v) is 17.2. The number of ether oxygens (including phenoxy) is 3. The van der Waals surface area contributed by atoms with Gasteiger partial charge in [-0.15, -0.1) is 0 Å². The number of nitrogens with zero attached hydrogens (tertiary/aromatic N) is 1. The second-order valence-corrected chi connectivity index (χ2v) is 6.81. The molecule has 0 spiro atoms. The van der Waals surface area contributed by atoms with E-state index >= 15 is 0 Å². The third-order valence-corrected chi connectivity index (χ3v) is 5.06. The Morgan fingerprint density at radius 1 is 1.07 bits per heavy atom. The molecule has 2 aromatic rings. The molecule has 7 nitrogen and oxygen atoms in total. The van der Waals surface area contributed by atoms with Crippen LogP contribution in [0.1, 0.15) is 18.1 Å². The Kier molecular flexibility index (Phi) is 6.26. The van der Waals surface area contributed by atoms with E-state index in [1.165, 1.54) is 6.92 Å². The first-order chi connectivity index (χ1) is 14.0. The molecule has 1 N–H and O–H groups in total. The van der Waals surface area contributed by atoms with E-state index in [4.69, 9.17) is 14.2 Å². The van der Waals surface area contributed by atoms with Crippen LogP contribution in [-0.4, -0.2) is 45.7 Å². The smallest absolute Gasteiger partial charge is 0.243 e. The quantitative estimate of drug-likeness (QED) is 0.775. The molecule has 0 fully saturated rings. The summed E-state index contributed by atoms with van der Waals surface area (Å²) in [5.41, 5.74) is 2.76. The Labute approximate surface area is 170 Å². The molecule has 0 saturated heterocycles. The monoisotopic (exact) mass is 398 g/mol. The van der Waals surface area contributed by atoms with Crippen LogP contribution in [0.4, 0.5) is 5.69 Å². The number of methoxy groups -OCH3 is 3. The Hall–Kier alpha value is -3.22. The Bertz CT molecular complexity index is 887. The highest BCUT2D eigenvalue weighted by molar-refractivity contribution is 6.02. The second-order valence-electron chi connectivity index (χ2n) is 6.81. The molecule has 1 atom stereocenters. The van der Waals surface area contributed by atoms with Crippen LogP contribution in [0.5, 0.6) is 17.2 Å². The molecule has 0 aromatic heterocycles. The maximum atomic E-state index is 12.8. The van der Waals surface area contributed by atoms with Gasteiger partial charge in [0.2, 0.25) is 17.6 Å². The number of anilines is 1. The summed E-state index contributed by atoms with van der Waals surface area (Å²) in [6.07, 6.45) is 1.11. The van der Waals surface area contributed by atoms with E-state index < -0.39 is 6.04 Å². The van der Waals surface area contributed by atoms with Crippen molar-refractivity contribution in [1.82, 2.24) is 5.32 Å². The molecule has 3 rings (SSSR count). The molecule has 0 saturated carbocycles. The molecule has 1 aliphatic heterocycles. The molecule has 0 bridgehead atoms. The maximum Gasteiger partial charge on any atom is 0.243 e. The highest BCUT2D eigenvalue weighted by atomic mass is 16.5. The van der Waals surface area contributed by atoms with Gasteiger partial charge in [-0.3, -0.25) is 14.5 Å². The number of carbonyl (C=O) groups excluding carboxylic acids is 2. The van der Waals surface area contributed by atoms with Crippen molar-refractivity contribution in [2.24, 2.45) is 0 Å². The van der Waals surface area contributed by atoms with E-state index in [9.17, 15) is 9.59 Å². The summed E-state index contributed by atoms with van der Waals surface area (Å²) in [4.78, 5) is 26.5. The lowest BCUT2D eigenvalue weighted by atomic mass is 10.1. The number of rotatable bonds is 7. The number of hydrogen-bond donors (Lipinski definition) is 1. The summed E-state index contributed by atoms with van der Waals surface area (Å²) in [6, 6.07) is 10.8. The van der Waals surface area contributed by atoms with E-state index in [0.717, 1.165) is 16.8 Å².